The molecule has 0 radical (unpaired) electrons. The van der Waals surface area contributed by atoms with Gasteiger partial charge in [-0.15, -0.1) is 12.1 Å². The summed E-state index contributed by atoms with van der Waals surface area (Å²) in [6.07, 6.45) is 8.84. The summed E-state index contributed by atoms with van der Waals surface area (Å²) >= 11 is 0. The Morgan fingerprint density at radius 1 is 0.343 bits per heavy atom. The molecule has 8 nitrogen and oxygen atoms in total. The molecular weight excluding hydrogens is 1100 g/mol. The van der Waals surface area contributed by atoms with Gasteiger partial charge >= 0.3 is 21.1 Å². The van der Waals surface area contributed by atoms with Crippen molar-refractivity contribution in [1.82, 2.24) is 39.9 Å². The minimum atomic E-state index is -0.989. The Kier molecular flexibility index (Phi) is 16.1. The van der Waals surface area contributed by atoms with Crippen LogP contribution >= 0.6 is 0 Å². The molecule has 0 N–H and O–H groups in total. The Bertz CT molecular complexity index is 2730. The molecule has 8 aromatic heterocycles. The van der Waals surface area contributed by atoms with Crippen LogP contribution in [0.5, 0.6) is 0 Å². The van der Waals surface area contributed by atoms with Crippen molar-refractivity contribution in [3.63, 3.8) is 0 Å². The van der Waals surface area contributed by atoms with E-state index < -0.39 is 58.4 Å². The van der Waals surface area contributed by atoms with Gasteiger partial charge in [-0.3, -0.25) is 19.9 Å². The summed E-state index contributed by atoms with van der Waals surface area (Å²) < 4.78 is 111. The maximum Gasteiger partial charge on any atom is 2.00 e. The van der Waals surface area contributed by atoms with E-state index in [0.29, 0.717) is 34.2 Å². The van der Waals surface area contributed by atoms with Gasteiger partial charge in [0.1, 0.15) is 23.8 Å². The van der Waals surface area contributed by atoms with Crippen molar-refractivity contribution in [3.05, 3.63) is 192 Å². The number of pyridine rings is 8. The number of hydrogen-bond acceptors (Lipinski definition) is 8. The Labute approximate surface area is 413 Å². The van der Waals surface area contributed by atoms with Crippen molar-refractivity contribution < 1.29 is 56.2 Å². The van der Waals surface area contributed by atoms with Gasteiger partial charge in [-0.1, -0.05) is 106 Å². The molecule has 0 bridgehead atoms. The van der Waals surface area contributed by atoms with Gasteiger partial charge in [-0.2, -0.15) is 27.5 Å². The van der Waals surface area contributed by atoms with E-state index in [1.54, 1.807) is 48.5 Å². The molecule has 8 aromatic rings. The first-order chi connectivity index (χ1) is 32.9. The average molecular weight is 1140 g/mol. The van der Waals surface area contributed by atoms with Crippen LogP contribution in [0.2, 0.25) is 0 Å². The molecule has 17 heteroatoms. The third-order valence-corrected chi connectivity index (χ3v) is 12.6. The molecule has 70 heavy (non-hydrogen) atoms. The molecule has 2 aliphatic carbocycles. The summed E-state index contributed by atoms with van der Waals surface area (Å²) in [7, 11) is 0. The van der Waals surface area contributed by atoms with E-state index in [1.165, 1.54) is 12.1 Å². The molecule has 2 fully saturated rings. The summed E-state index contributed by atoms with van der Waals surface area (Å²) in [4.78, 5) is 32.0. The molecule has 2 aliphatic rings. The molecule has 0 unspecified atom stereocenters. The van der Waals surface area contributed by atoms with Crippen LogP contribution in [0.4, 0.5) is 35.1 Å². The SMILES string of the molecule is C.Fc1c[c-]c(-c2cccc(C3(c4cccc(-c5[c-]cc(F)nc5F)n4)CCCCC3)n2)c(F)n1.Fc1ccc(-c2cccc(C3(c4cccc(-c5ccc(F)nc5F)n4)CCCCC3)n2)c(F)n1.[Pt+2]. The van der Waals surface area contributed by atoms with E-state index in [1.807, 2.05) is 24.3 Å². The smallest absolute Gasteiger partial charge is 0.300 e. The van der Waals surface area contributed by atoms with Gasteiger partial charge < -0.3 is 9.97 Å². The van der Waals surface area contributed by atoms with Crippen LogP contribution in [0.15, 0.2) is 109 Å². The normalized spacial score (nSPS) is 14.9. The molecule has 0 aliphatic heterocycles. The second-order valence-electron chi connectivity index (χ2n) is 16.6. The van der Waals surface area contributed by atoms with Crippen LogP contribution in [0, 0.1) is 59.7 Å². The maximum absolute atomic E-state index is 14.4. The number of rotatable bonds is 8. The van der Waals surface area contributed by atoms with Crippen molar-refractivity contribution in [1.29, 1.82) is 0 Å². The summed E-state index contributed by atoms with van der Waals surface area (Å²) in [6, 6.07) is 33.0. The molecule has 0 aromatic carbocycles. The molecule has 0 saturated heterocycles. The fourth-order valence-corrected chi connectivity index (χ4v) is 9.29. The zero-order valence-corrected chi connectivity index (χ0v) is 38.7. The predicted octanol–water partition coefficient (Wildman–Crippen LogP) is 13.0. The summed E-state index contributed by atoms with van der Waals surface area (Å²) in [6.45, 7) is 0. The molecule has 8 heterocycles. The third-order valence-electron chi connectivity index (χ3n) is 12.6. The van der Waals surface area contributed by atoms with Gasteiger partial charge in [0.15, 0.2) is 0 Å². The van der Waals surface area contributed by atoms with Crippen molar-refractivity contribution in [2.45, 2.75) is 82.5 Å². The van der Waals surface area contributed by atoms with E-state index in [0.717, 1.165) is 88.5 Å². The second kappa shape index (κ2) is 22.0. The van der Waals surface area contributed by atoms with Crippen LogP contribution in [0.25, 0.3) is 45.0 Å². The Morgan fingerprint density at radius 2 is 0.657 bits per heavy atom. The van der Waals surface area contributed by atoms with Crippen LogP contribution in [-0.2, 0) is 31.9 Å². The maximum atomic E-state index is 14.4. The summed E-state index contributed by atoms with van der Waals surface area (Å²) in [5.74, 6) is -7.55. The first-order valence-corrected chi connectivity index (χ1v) is 22.0. The van der Waals surface area contributed by atoms with Crippen molar-refractivity contribution in [2.24, 2.45) is 0 Å². The van der Waals surface area contributed by atoms with Crippen molar-refractivity contribution >= 4 is 0 Å². The van der Waals surface area contributed by atoms with Crippen LogP contribution < -0.4 is 0 Å². The van der Waals surface area contributed by atoms with Crippen LogP contribution in [-0.4, -0.2) is 39.9 Å². The van der Waals surface area contributed by atoms with Crippen LogP contribution in [0.3, 0.4) is 0 Å². The topological polar surface area (TPSA) is 103 Å². The number of hydrogen-bond donors (Lipinski definition) is 0. The van der Waals surface area contributed by atoms with E-state index >= 15 is 0 Å². The Morgan fingerprint density at radius 3 is 0.986 bits per heavy atom. The molecule has 10 rings (SSSR count). The van der Waals surface area contributed by atoms with Gasteiger partial charge in [-0.05, 0) is 97.7 Å². The fourth-order valence-electron chi connectivity index (χ4n) is 9.29. The van der Waals surface area contributed by atoms with Crippen LogP contribution in [0.1, 0.15) is 94.4 Å². The number of nitrogens with zero attached hydrogens (tertiary/aromatic N) is 8. The van der Waals surface area contributed by atoms with E-state index in [9.17, 15) is 35.1 Å². The molecule has 0 spiro atoms. The van der Waals surface area contributed by atoms with E-state index in [4.69, 9.17) is 19.9 Å². The minimum Gasteiger partial charge on any atom is -0.300 e. The monoisotopic (exact) mass is 1140 g/mol. The zero-order chi connectivity index (χ0) is 47.4. The molecule has 360 valence electrons. The minimum absolute atomic E-state index is 0. The fraction of sp³-hybridized carbons (Fsp3) is 0.245. The third kappa shape index (κ3) is 10.6. The number of halogens is 8. The Balaban J connectivity index is 0.000000201. The molecule has 0 amide bonds. The first kappa shape index (κ1) is 51.2. The number of aromatic nitrogens is 8. The van der Waals surface area contributed by atoms with Gasteiger partial charge in [0.05, 0.1) is 44.7 Å². The quantitative estimate of drug-likeness (QED) is 0.0842. The molecule has 2 saturated carbocycles. The largest absolute Gasteiger partial charge is 2.00 e. The van der Waals surface area contributed by atoms with Crippen molar-refractivity contribution in [2.75, 3.05) is 0 Å². The second-order valence-corrected chi connectivity index (χ2v) is 16.6. The first-order valence-electron chi connectivity index (χ1n) is 22.0. The standard InChI is InChI=1S/C26H20F4N4.C26H18F4N4.CH4.Pt/c2*27-22-12-10-16(24(29)33-22)18-6-4-8-20(31-18)26(14-2-1-3-15-26)21-9-5-7-19(32-21)17-11-13-23(28)34-25(17)30;;/h4-13H,1-3,14-15H2;4-9,12-13H,1-3,14-15H2;1H4;/q;-2;;+2. The van der Waals surface area contributed by atoms with Crippen molar-refractivity contribution in [3.8, 4) is 45.0 Å². The zero-order valence-electron chi connectivity index (χ0n) is 36.4. The van der Waals surface area contributed by atoms with E-state index in [2.05, 4.69) is 32.1 Å². The summed E-state index contributed by atoms with van der Waals surface area (Å²) in [5.41, 5.74) is 3.01. The van der Waals surface area contributed by atoms with E-state index in [-0.39, 0.29) is 62.1 Å². The molecule has 0 atom stereocenters. The van der Waals surface area contributed by atoms with Gasteiger partial charge in [-0.25, -0.2) is 17.6 Å². The molecular formula is C53H42F8N8Pt. The van der Waals surface area contributed by atoms with Gasteiger partial charge in [0.2, 0.25) is 23.8 Å². The Hall–Kier alpha value is -6.67. The summed E-state index contributed by atoms with van der Waals surface area (Å²) in [5, 5.41) is 0. The van der Waals surface area contributed by atoms with Gasteiger partial charge in [0.25, 0.3) is 0 Å². The predicted molar refractivity (Wildman–Crippen MR) is 242 cm³/mol. The average Bonchev–Trinajstić information content (AvgIpc) is 3.35. The van der Waals surface area contributed by atoms with Gasteiger partial charge in [0, 0.05) is 11.4 Å².